The van der Waals surface area contributed by atoms with Crippen molar-refractivity contribution in [1.82, 2.24) is 0 Å². The minimum absolute atomic E-state index is 0.364. The molecule has 2 aromatic carbocycles. The second kappa shape index (κ2) is 6.85. The number of halogens is 1. The molecule has 4 unspecified atom stereocenters. The first kappa shape index (κ1) is 19.9. The third-order valence-corrected chi connectivity index (χ3v) is 6.44. The Morgan fingerprint density at radius 3 is 2.17 bits per heavy atom. The third kappa shape index (κ3) is 2.22. The summed E-state index contributed by atoms with van der Waals surface area (Å²) in [5.41, 5.74) is -2.65. The summed E-state index contributed by atoms with van der Waals surface area (Å²) < 4.78 is 12.5. The normalized spacial score (nSPS) is 31.1. The highest BCUT2D eigenvalue weighted by Gasteiger charge is 2.80. The summed E-state index contributed by atoms with van der Waals surface area (Å²) in [4.78, 5) is 0. The quantitative estimate of drug-likeness (QED) is 0.768. The fourth-order valence-electron chi connectivity index (χ4n) is 4.84. The molecule has 1 N–H and O–H groups in total. The van der Waals surface area contributed by atoms with Crippen LogP contribution in [0.4, 0.5) is 0 Å². The molecule has 6 nitrogen and oxygen atoms in total. The zero-order chi connectivity index (χ0) is 21.6. The highest BCUT2D eigenvalue weighted by atomic mass is 35.5. The van der Waals surface area contributed by atoms with E-state index >= 15 is 0 Å². The van der Waals surface area contributed by atoms with Crippen LogP contribution in [0, 0.1) is 56.2 Å². The van der Waals surface area contributed by atoms with Crippen LogP contribution in [0.1, 0.15) is 30.6 Å². The molecule has 2 aliphatic rings. The Kier molecular flexibility index (Phi) is 4.55. The van der Waals surface area contributed by atoms with Crippen LogP contribution in [-0.2, 0) is 15.3 Å². The largest absolute Gasteiger partial charge is 0.443 e. The fourth-order valence-corrected chi connectivity index (χ4v) is 4.97. The summed E-state index contributed by atoms with van der Waals surface area (Å²) in [6.07, 6.45) is -0.765. The van der Waals surface area contributed by atoms with E-state index in [-0.39, 0.29) is 0 Å². The first-order valence-corrected chi connectivity index (χ1v) is 9.84. The topological polar surface area (TPSA) is 114 Å². The van der Waals surface area contributed by atoms with E-state index in [4.69, 9.17) is 26.5 Å². The van der Waals surface area contributed by atoms with Gasteiger partial charge < -0.3 is 9.47 Å². The summed E-state index contributed by atoms with van der Waals surface area (Å²) in [5, 5.41) is 40.0. The zero-order valence-electron chi connectivity index (χ0n) is 16.1. The van der Waals surface area contributed by atoms with Gasteiger partial charge in [-0.1, -0.05) is 61.0 Å². The Morgan fingerprint density at radius 1 is 1.00 bits per heavy atom. The van der Waals surface area contributed by atoms with E-state index in [1.165, 1.54) is 0 Å². The summed E-state index contributed by atoms with van der Waals surface area (Å²) in [6.45, 7) is 1.84. The molecule has 0 amide bonds. The molecule has 2 heterocycles. The zero-order valence-corrected chi connectivity index (χ0v) is 16.8. The van der Waals surface area contributed by atoms with Crippen LogP contribution in [-0.4, -0.2) is 5.90 Å². The molecule has 0 radical (unpaired) electrons. The minimum Gasteiger partial charge on any atom is -0.443 e. The van der Waals surface area contributed by atoms with Crippen molar-refractivity contribution in [1.29, 1.82) is 21.2 Å². The van der Waals surface area contributed by atoms with E-state index in [1.807, 2.05) is 25.1 Å². The molecule has 148 valence electrons. The highest BCUT2D eigenvalue weighted by molar-refractivity contribution is 6.30. The van der Waals surface area contributed by atoms with E-state index in [0.29, 0.717) is 22.6 Å². The Hall–Kier alpha value is -3.37. The standard InChI is InChI=1S/C23H17ClN4O2/c1-2-18-22(14-27)20(28)30-23(18,16-6-4-3-5-7-16)29-19(21(22,12-25)13-26)15-8-10-17(24)11-9-15/h3-11,18-19,28H,2H2,1H3. The molecule has 4 rings (SSSR count). The van der Waals surface area contributed by atoms with Crippen LogP contribution in [0.15, 0.2) is 54.6 Å². The first-order valence-electron chi connectivity index (χ1n) is 9.46. The van der Waals surface area contributed by atoms with Crippen molar-refractivity contribution >= 4 is 17.5 Å². The van der Waals surface area contributed by atoms with Crippen LogP contribution in [0.5, 0.6) is 0 Å². The molecular weight excluding hydrogens is 400 g/mol. The summed E-state index contributed by atoms with van der Waals surface area (Å²) >= 11 is 6.02. The SMILES string of the molecule is CCC1C2(c3ccccc3)OC(=N)C1(C#N)C(C#N)(C#N)C(c1ccc(Cl)cc1)O2. The van der Waals surface area contributed by atoms with Crippen molar-refractivity contribution in [2.45, 2.75) is 25.2 Å². The number of benzene rings is 2. The van der Waals surface area contributed by atoms with Crippen LogP contribution in [0.3, 0.4) is 0 Å². The van der Waals surface area contributed by atoms with Crippen molar-refractivity contribution in [3.05, 3.63) is 70.7 Å². The van der Waals surface area contributed by atoms with Crippen LogP contribution in [0.25, 0.3) is 0 Å². The van der Waals surface area contributed by atoms with Gasteiger partial charge in [0, 0.05) is 10.6 Å². The molecular formula is C23H17ClN4O2. The predicted molar refractivity (Wildman–Crippen MR) is 108 cm³/mol. The van der Waals surface area contributed by atoms with Gasteiger partial charge in [0.05, 0.1) is 24.1 Å². The van der Waals surface area contributed by atoms with Crippen LogP contribution >= 0.6 is 11.6 Å². The predicted octanol–water partition coefficient (Wildman–Crippen LogP) is 4.84. The smallest absolute Gasteiger partial charge is 0.244 e. The van der Waals surface area contributed by atoms with Gasteiger partial charge in [0.15, 0.2) is 5.41 Å². The lowest BCUT2D eigenvalue weighted by Gasteiger charge is -2.49. The van der Waals surface area contributed by atoms with Gasteiger partial charge in [-0.3, -0.25) is 5.41 Å². The van der Waals surface area contributed by atoms with Gasteiger partial charge in [0.25, 0.3) is 0 Å². The summed E-state index contributed by atoms with van der Waals surface area (Å²) in [5.74, 6) is -2.61. The van der Waals surface area contributed by atoms with Crippen molar-refractivity contribution in [2.75, 3.05) is 0 Å². The molecule has 30 heavy (non-hydrogen) atoms. The average Bonchev–Trinajstić information content (AvgIpc) is 2.99. The molecule has 4 atom stereocenters. The van der Waals surface area contributed by atoms with Crippen molar-refractivity contribution in [3.63, 3.8) is 0 Å². The number of fused-ring (bicyclic) bond motifs is 2. The monoisotopic (exact) mass is 416 g/mol. The Morgan fingerprint density at radius 2 is 1.63 bits per heavy atom. The highest BCUT2D eigenvalue weighted by Crippen LogP contribution is 2.69. The minimum atomic E-state index is -1.98. The van der Waals surface area contributed by atoms with Crippen LogP contribution < -0.4 is 0 Å². The molecule has 0 aromatic heterocycles. The summed E-state index contributed by atoms with van der Waals surface area (Å²) in [7, 11) is 0. The summed E-state index contributed by atoms with van der Waals surface area (Å²) in [6, 6.07) is 21.9. The van der Waals surface area contributed by atoms with E-state index in [0.717, 1.165) is 0 Å². The van der Waals surface area contributed by atoms with Gasteiger partial charge in [0.1, 0.15) is 6.10 Å². The number of nitrogens with one attached hydrogen (secondary N) is 1. The molecule has 2 aromatic rings. The van der Waals surface area contributed by atoms with E-state index in [2.05, 4.69) is 18.2 Å². The molecule has 0 saturated carbocycles. The lowest BCUT2D eigenvalue weighted by molar-refractivity contribution is -0.292. The van der Waals surface area contributed by atoms with Gasteiger partial charge in [-0.2, -0.15) is 15.8 Å². The number of ether oxygens (including phenoxy) is 2. The maximum Gasteiger partial charge on any atom is 0.244 e. The van der Waals surface area contributed by atoms with Gasteiger partial charge in [-0.15, -0.1) is 0 Å². The maximum atomic E-state index is 10.4. The number of nitriles is 3. The number of hydrogen-bond donors (Lipinski definition) is 1. The Bertz CT molecular complexity index is 1120. The lowest BCUT2D eigenvalue weighted by atomic mass is 9.52. The molecule has 2 bridgehead atoms. The second-order valence-electron chi connectivity index (χ2n) is 7.43. The molecule has 2 saturated heterocycles. The first-order chi connectivity index (χ1) is 14.5. The number of rotatable bonds is 3. The Balaban J connectivity index is 2.06. The molecule has 2 aliphatic heterocycles. The third-order valence-electron chi connectivity index (χ3n) is 6.19. The van der Waals surface area contributed by atoms with E-state index in [1.54, 1.807) is 36.4 Å². The van der Waals surface area contributed by atoms with Gasteiger partial charge in [-0.25, -0.2) is 0 Å². The number of hydrogen-bond acceptors (Lipinski definition) is 6. The molecule has 0 aliphatic carbocycles. The average molecular weight is 417 g/mol. The van der Waals surface area contributed by atoms with Crippen LogP contribution in [0.2, 0.25) is 5.02 Å². The number of nitrogens with zero attached hydrogens (tertiary/aromatic N) is 3. The van der Waals surface area contributed by atoms with Gasteiger partial charge in [0.2, 0.25) is 17.1 Å². The van der Waals surface area contributed by atoms with Crippen molar-refractivity contribution < 1.29 is 9.47 Å². The molecule has 0 spiro atoms. The fraction of sp³-hybridized carbons (Fsp3) is 0.304. The molecule has 2 fully saturated rings. The lowest BCUT2D eigenvalue weighted by Crippen LogP contribution is -2.58. The van der Waals surface area contributed by atoms with Crippen molar-refractivity contribution in [2.24, 2.45) is 16.7 Å². The van der Waals surface area contributed by atoms with Crippen molar-refractivity contribution in [3.8, 4) is 18.2 Å². The van der Waals surface area contributed by atoms with E-state index < -0.39 is 34.5 Å². The van der Waals surface area contributed by atoms with E-state index in [9.17, 15) is 15.8 Å². The van der Waals surface area contributed by atoms with Gasteiger partial charge >= 0.3 is 0 Å². The van der Waals surface area contributed by atoms with Gasteiger partial charge in [-0.05, 0) is 24.1 Å². The Labute approximate surface area is 179 Å². The second-order valence-corrected chi connectivity index (χ2v) is 7.86. The molecule has 7 heteroatoms. The maximum absolute atomic E-state index is 10.4.